The molecule has 2 aliphatic heterocycles. The number of alkyl halides is 3. The number of halogens is 3. The molecule has 2 atom stereocenters. The van der Waals surface area contributed by atoms with E-state index in [1.54, 1.807) is 0 Å². The summed E-state index contributed by atoms with van der Waals surface area (Å²) in [5, 5.41) is 0. The summed E-state index contributed by atoms with van der Waals surface area (Å²) in [6.07, 6.45) is -3.34. The van der Waals surface area contributed by atoms with Gasteiger partial charge < -0.3 is 14.5 Å². The van der Waals surface area contributed by atoms with Crippen molar-refractivity contribution >= 4 is 17.5 Å². The Morgan fingerprint density at radius 3 is 2.68 bits per heavy atom. The second kappa shape index (κ2) is 7.06. The van der Waals surface area contributed by atoms with E-state index in [0.717, 1.165) is 17.7 Å². The predicted molar refractivity (Wildman–Crippen MR) is 95.7 cm³/mol. The highest BCUT2D eigenvalue weighted by atomic mass is 19.4. The van der Waals surface area contributed by atoms with Gasteiger partial charge in [0.15, 0.2) is 5.78 Å². The number of nitrogens with zero attached hydrogens (tertiary/aromatic N) is 4. The summed E-state index contributed by atoms with van der Waals surface area (Å²) in [5.41, 5.74) is -0.400. The number of anilines is 2. The van der Waals surface area contributed by atoms with E-state index in [4.69, 9.17) is 4.74 Å². The minimum absolute atomic E-state index is 0.0488. The van der Waals surface area contributed by atoms with Crippen molar-refractivity contribution in [1.82, 2.24) is 9.55 Å². The third kappa shape index (κ3) is 3.61. The molecule has 0 N–H and O–H groups in total. The van der Waals surface area contributed by atoms with E-state index in [1.165, 1.54) is 10.6 Å². The lowest BCUT2D eigenvalue weighted by Crippen LogP contribution is -2.54. The van der Waals surface area contributed by atoms with Crippen LogP contribution in [0.25, 0.3) is 0 Å². The lowest BCUT2D eigenvalue weighted by Gasteiger charge is -2.40. The van der Waals surface area contributed by atoms with Crippen molar-refractivity contribution < 1.29 is 22.7 Å². The standard InChI is InChI=1S/C18H23F3N4O3/c1-11-10-28-7-6-23(11)15-8-16(27)24-5-4-14(18(19,20)21)25(17(24)22-15)9-13(26)12-2-3-12/h8,11-12,14H,2-7,9-10H2,1H3. The highest BCUT2D eigenvalue weighted by molar-refractivity contribution is 5.87. The molecule has 2 fully saturated rings. The number of Topliss-reactive ketones (excluding diaryl/α,β-unsaturated/α-hetero) is 1. The summed E-state index contributed by atoms with van der Waals surface area (Å²) in [6.45, 7) is 2.88. The zero-order valence-corrected chi connectivity index (χ0v) is 15.6. The SMILES string of the molecule is CC1COCCN1c1cc(=O)n2c(n1)N(CC(=O)C1CC1)C(C(F)(F)F)CC2. The Morgan fingerprint density at radius 1 is 1.29 bits per heavy atom. The molecule has 28 heavy (non-hydrogen) atoms. The van der Waals surface area contributed by atoms with E-state index in [2.05, 4.69) is 4.98 Å². The van der Waals surface area contributed by atoms with Gasteiger partial charge in [-0.1, -0.05) is 0 Å². The fourth-order valence-corrected chi connectivity index (χ4v) is 3.90. The van der Waals surface area contributed by atoms with Gasteiger partial charge in [-0.25, -0.2) is 0 Å². The first-order chi connectivity index (χ1) is 13.3. The second-order valence-corrected chi connectivity index (χ2v) is 7.74. The van der Waals surface area contributed by atoms with Crippen molar-refractivity contribution in [2.45, 2.75) is 51.0 Å². The molecular weight excluding hydrogens is 377 g/mol. The summed E-state index contributed by atoms with van der Waals surface area (Å²) in [6, 6.07) is -0.508. The van der Waals surface area contributed by atoms with Crippen molar-refractivity contribution in [2.75, 3.05) is 36.1 Å². The van der Waals surface area contributed by atoms with Crippen LogP contribution in [0.3, 0.4) is 0 Å². The Hall–Kier alpha value is -2.10. The van der Waals surface area contributed by atoms with Gasteiger partial charge in [0.25, 0.3) is 5.56 Å². The summed E-state index contributed by atoms with van der Waals surface area (Å²) >= 11 is 0. The molecule has 10 heteroatoms. The van der Waals surface area contributed by atoms with E-state index in [0.29, 0.717) is 25.6 Å². The highest BCUT2D eigenvalue weighted by Crippen LogP contribution is 2.36. The number of morpholine rings is 1. The van der Waals surface area contributed by atoms with Crippen LogP contribution in [0, 0.1) is 5.92 Å². The van der Waals surface area contributed by atoms with Crippen LogP contribution in [0.1, 0.15) is 26.2 Å². The number of aromatic nitrogens is 2. The number of rotatable bonds is 4. The van der Waals surface area contributed by atoms with Crippen molar-refractivity contribution in [2.24, 2.45) is 5.92 Å². The summed E-state index contributed by atoms with van der Waals surface area (Å²) in [7, 11) is 0. The first kappa shape index (κ1) is 19.2. The molecule has 0 amide bonds. The number of ether oxygens (including phenoxy) is 1. The normalized spacial score (nSPS) is 25.6. The molecule has 0 spiro atoms. The van der Waals surface area contributed by atoms with Gasteiger partial charge in [-0.15, -0.1) is 0 Å². The summed E-state index contributed by atoms with van der Waals surface area (Å²) < 4.78 is 47.7. The van der Waals surface area contributed by atoms with Crippen molar-refractivity contribution in [3.63, 3.8) is 0 Å². The average molecular weight is 400 g/mol. The highest BCUT2D eigenvalue weighted by Gasteiger charge is 2.48. The average Bonchev–Trinajstić information content (AvgIpc) is 3.46. The van der Waals surface area contributed by atoms with Crippen LogP contribution in [0.4, 0.5) is 24.9 Å². The maximum atomic E-state index is 13.7. The van der Waals surface area contributed by atoms with Gasteiger partial charge in [-0.3, -0.25) is 14.2 Å². The molecule has 7 nitrogen and oxygen atoms in total. The van der Waals surface area contributed by atoms with Crippen LogP contribution < -0.4 is 15.4 Å². The van der Waals surface area contributed by atoms with E-state index < -0.39 is 17.8 Å². The van der Waals surface area contributed by atoms with Gasteiger partial charge in [-0.2, -0.15) is 18.2 Å². The van der Waals surface area contributed by atoms with E-state index in [1.807, 2.05) is 11.8 Å². The number of carbonyl (C=O) groups is 1. The smallest absolute Gasteiger partial charge is 0.377 e. The topological polar surface area (TPSA) is 67.7 Å². The van der Waals surface area contributed by atoms with Crippen LogP contribution in [0.2, 0.25) is 0 Å². The molecule has 1 aliphatic carbocycles. The van der Waals surface area contributed by atoms with Crippen molar-refractivity contribution in [3.05, 3.63) is 16.4 Å². The molecule has 2 unspecified atom stereocenters. The Morgan fingerprint density at radius 2 is 2.04 bits per heavy atom. The molecule has 0 bridgehead atoms. The van der Waals surface area contributed by atoms with Gasteiger partial charge >= 0.3 is 6.18 Å². The third-order valence-electron chi connectivity index (χ3n) is 5.63. The first-order valence-electron chi connectivity index (χ1n) is 9.58. The Bertz CT molecular complexity index is 821. The number of hydrogen-bond donors (Lipinski definition) is 0. The molecule has 1 saturated heterocycles. The lowest BCUT2D eigenvalue weighted by molar-refractivity contribution is -0.153. The van der Waals surface area contributed by atoms with Gasteiger partial charge in [0.05, 0.1) is 25.8 Å². The molecule has 1 aromatic rings. The maximum Gasteiger partial charge on any atom is 0.408 e. The van der Waals surface area contributed by atoms with Crippen molar-refractivity contribution in [1.29, 1.82) is 0 Å². The maximum absolute atomic E-state index is 13.7. The van der Waals surface area contributed by atoms with Gasteiger partial charge in [0.1, 0.15) is 11.9 Å². The molecule has 0 aromatic carbocycles. The molecule has 3 aliphatic rings. The molecule has 1 aromatic heterocycles. The van der Waals surface area contributed by atoms with E-state index in [9.17, 15) is 22.8 Å². The molecule has 1 saturated carbocycles. The van der Waals surface area contributed by atoms with Crippen LogP contribution in [0.5, 0.6) is 0 Å². The summed E-state index contributed by atoms with van der Waals surface area (Å²) in [5.74, 6) is -0.122. The van der Waals surface area contributed by atoms with Gasteiger partial charge in [0.2, 0.25) is 5.95 Å². The summed E-state index contributed by atoms with van der Waals surface area (Å²) in [4.78, 5) is 32.3. The number of carbonyl (C=O) groups excluding carboxylic acids is 1. The fraction of sp³-hybridized carbons (Fsp3) is 0.722. The van der Waals surface area contributed by atoms with Gasteiger partial charge in [0, 0.05) is 25.1 Å². The Labute approximate surface area is 160 Å². The molecule has 4 rings (SSSR count). The quantitative estimate of drug-likeness (QED) is 0.765. The fourth-order valence-electron chi connectivity index (χ4n) is 3.90. The van der Waals surface area contributed by atoms with Crippen LogP contribution in [0.15, 0.2) is 10.9 Å². The monoisotopic (exact) mass is 400 g/mol. The van der Waals surface area contributed by atoms with Crippen LogP contribution in [-0.4, -0.2) is 59.9 Å². The third-order valence-corrected chi connectivity index (χ3v) is 5.63. The zero-order chi connectivity index (χ0) is 20.1. The minimum Gasteiger partial charge on any atom is -0.377 e. The Balaban J connectivity index is 1.74. The minimum atomic E-state index is -4.50. The Kier molecular flexibility index (Phi) is 4.84. The molecular formula is C18H23F3N4O3. The van der Waals surface area contributed by atoms with Crippen molar-refractivity contribution in [3.8, 4) is 0 Å². The van der Waals surface area contributed by atoms with E-state index in [-0.39, 0.29) is 43.2 Å². The molecule has 3 heterocycles. The van der Waals surface area contributed by atoms with Gasteiger partial charge in [-0.05, 0) is 26.2 Å². The second-order valence-electron chi connectivity index (χ2n) is 7.74. The number of fused-ring (bicyclic) bond motifs is 1. The molecule has 154 valence electrons. The molecule has 0 radical (unpaired) electrons. The largest absolute Gasteiger partial charge is 0.408 e. The number of hydrogen-bond acceptors (Lipinski definition) is 6. The van der Waals surface area contributed by atoms with Crippen LogP contribution in [-0.2, 0) is 16.1 Å². The first-order valence-corrected chi connectivity index (χ1v) is 9.58. The zero-order valence-electron chi connectivity index (χ0n) is 15.6. The lowest BCUT2D eigenvalue weighted by atomic mass is 10.1. The van der Waals surface area contributed by atoms with Crippen LogP contribution >= 0.6 is 0 Å². The number of ketones is 1. The van der Waals surface area contributed by atoms with E-state index >= 15 is 0 Å². The predicted octanol–water partition coefficient (Wildman–Crippen LogP) is 1.59.